The van der Waals surface area contributed by atoms with Gasteiger partial charge in [-0.15, -0.1) is 0 Å². The fraction of sp³-hybridized carbons (Fsp3) is 0. The van der Waals surface area contributed by atoms with Crippen molar-refractivity contribution in [1.82, 2.24) is 24.1 Å². The Morgan fingerprint density at radius 2 is 0.889 bits per heavy atom. The van der Waals surface area contributed by atoms with Gasteiger partial charge in [-0.2, -0.15) is 0 Å². The van der Waals surface area contributed by atoms with Crippen LogP contribution in [0, 0.1) is 0 Å². The first kappa shape index (κ1) is 30.3. The Hall–Kier alpha value is -7.37. The Balaban J connectivity index is 1.17. The number of pyridine rings is 1. The number of nitrogens with zero attached hydrogens (tertiary/aromatic N) is 5. The van der Waals surface area contributed by atoms with Crippen molar-refractivity contribution in [2.75, 3.05) is 0 Å². The van der Waals surface area contributed by atoms with Gasteiger partial charge < -0.3 is 0 Å². The first-order valence-electron chi connectivity index (χ1n) is 18.2. The SMILES string of the molecule is c1ccc(-c2ccc3c4cc(-c5ccc6c(c5)c5ccccc5n6-c5ccccn5)ccc4n(-c4nc5ccccc5nc4-c4ccccc4)c3c2)cc1. The zero-order valence-electron chi connectivity index (χ0n) is 29.1. The van der Waals surface area contributed by atoms with Gasteiger partial charge in [0.2, 0.25) is 0 Å². The first-order valence-corrected chi connectivity index (χ1v) is 18.2. The fourth-order valence-electron chi connectivity index (χ4n) is 8.06. The van der Waals surface area contributed by atoms with Gasteiger partial charge in [-0.1, -0.05) is 121 Å². The van der Waals surface area contributed by atoms with Crippen molar-refractivity contribution >= 4 is 54.6 Å². The van der Waals surface area contributed by atoms with E-state index in [0.29, 0.717) is 0 Å². The Morgan fingerprint density at radius 3 is 1.61 bits per heavy atom. The normalized spacial score (nSPS) is 11.7. The minimum atomic E-state index is 0.807. The molecule has 0 N–H and O–H groups in total. The molecule has 5 nitrogen and oxygen atoms in total. The van der Waals surface area contributed by atoms with Gasteiger partial charge >= 0.3 is 0 Å². The first-order chi connectivity index (χ1) is 26.8. The van der Waals surface area contributed by atoms with E-state index in [4.69, 9.17) is 15.0 Å². The highest BCUT2D eigenvalue weighted by Gasteiger charge is 2.21. The summed E-state index contributed by atoms with van der Waals surface area (Å²) in [5.74, 6) is 1.72. The van der Waals surface area contributed by atoms with E-state index in [0.717, 1.165) is 83.5 Å². The predicted molar refractivity (Wildman–Crippen MR) is 222 cm³/mol. The molecule has 0 spiro atoms. The van der Waals surface area contributed by atoms with Crippen LogP contribution in [0.5, 0.6) is 0 Å². The van der Waals surface area contributed by atoms with Gasteiger partial charge in [0.25, 0.3) is 0 Å². The highest BCUT2D eigenvalue weighted by atomic mass is 15.1. The molecule has 11 aromatic rings. The number of benzene rings is 7. The fourth-order valence-corrected chi connectivity index (χ4v) is 8.06. The molecule has 252 valence electrons. The largest absolute Gasteiger partial charge is 0.294 e. The molecule has 0 fully saturated rings. The van der Waals surface area contributed by atoms with Gasteiger partial charge in [0.1, 0.15) is 11.5 Å². The summed E-state index contributed by atoms with van der Waals surface area (Å²) in [6.07, 6.45) is 1.85. The molecule has 0 aliphatic rings. The number of hydrogen-bond donors (Lipinski definition) is 0. The smallest absolute Gasteiger partial charge is 0.165 e. The molecule has 5 heteroatoms. The van der Waals surface area contributed by atoms with Crippen LogP contribution in [0.1, 0.15) is 0 Å². The molecule has 0 atom stereocenters. The highest BCUT2D eigenvalue weighted by molar-refractivity contribution is 6.13. The molecule has 0 aliphatic carbocycles. The van der Waals surface area contributed by atoms with E-state index in [1.165, 1.54) is 16.3 Å². The van der Waals surface area contributed by atoms with Crippen LogP contribution in [0.3, 0.4) is 0 Å². The molecule has 7 aromatic carbocycles. The van der Waals surface area contributed by atoms with Crippen molar-refractivity contribution in [3.05, 3.63) is 188 Å². The standard InChI is InChI=1S/C49H31N5/c1-3-13-32(14-4-1)36-22-25-38-40-30-35(34-23-26-44-39(29-34)37-17-7-10-20-43(37)53(44)47-21-11-12-28-50-47)24-27-45(40)54(46(38)31-36)49-48(33-15-5-2-6-16-33)51-41-18-8-9-19-42(41)52-49/h1-31H. The molecule has 0 unspecified atom stereocenters. The molecule has 0 bridgehead atoms. The monoisotopic (exact) mass is 689 g/mol. The van der Waals surface area contributed by atoms with Crippen LogP contribution in [0.15, 0.2) is 188 Å². The molecule has 4 aromatic heterocycles. The van der Waals surface area contributed by atoms with Gasteiger partial charge in [-0.3, -0.25) is 9.13 Å². The predicted octanol–water partition coefficient (Wildman–Crippen LogP) is 12.2. The third-order valence-corrected chi connectivity index (χ3v) is 10.6. The number of para-hydroxylation sites is 3. The topological polar surface area (TPSA) is 48.5 Å². The Bertz CT molecular complexity index is 3200. The minimum absolute atomic E-state index is 0.807. The lowest BCUT2D eigenvalue weighted by Crippen LogP contribution is -2.03. The zero-order chi connectivity index (χ0) is 35.6. The second kappa shape index (κ2) is 12.1. The minimum Gasteiger partial charge on any atom is -0.294 e. The molecular formula is C49H31N5. The summed E-state index contributed by atoms with van der Waals surface area (Å²) >= 11 is 0. The van der Waals surface area contributed by atoms with Crippen LogP contribution >= 0.6 is 0 Å². The van der Waals surface area contributed by atoms with Gasteiger partial charge in [0.15, 0.2) is 5.82 Å². The van der Waals surface area contributed by atoms with Crippen LogP contribution in [0.25, 0.3) is 99.8 Å². The van der Waals surface area contributed by atoms with Crippen molar-refractivity contribution in [3.8, 4) is 45.1 Å². The van der Waals surface area contributed by atoms with E-state index in [1.807, 2.05) is 48.7 Å². The van der Waals surface area contributed by atoms with Crippen molar-refractivity contribution in [2.45, 2.75) is 0 Å². The summed E-state index contributed by atoms with van der Waals surface area (Å²) in [6.45, 7) is 0. The van der Waals surface area contributed by atoms with E-state index >= 15 is 0 Å². The molecule has 11 rings (SSSR count). The summed E-state index contributed by atoms with van der Waals surface area (Å²) in [5.41, 5.74) is 12.7. The average Bonchev–Trinajstić information content (AvgIpc) is 3.76. The van der Waals surface area contributed by atoms with E-state index in [9.17, 15) is 0 Å². The molecule has 54 heavy (non-hydrogen) atoms. The number of hydrogen-bond acceptors (Lipinski definition) is 3. The maximum atomic E-state index is 5.36. The van der Waals surface area contributed by atoms with E-state index < -0.39 is 0 Å². The van der Waals surface area contributed by atoms with Crippen molar-refractivity contribution in [3.63, 3.8) is 0 Å². The Labute approximate surface area is 311 Å². The third-order valence-electron chi connectivity index (χ3n) is 10.6. The maximum absolute atomic E-state index is 5.36. The number of aromatic nitrogens is 5. The summed E-state index contributed by atoms with van der Waals surface area (Å²) in [6, 6.07) is 64.2. The van der Waals surface area contributed by atoms with E-state index in [2.05, 4.69) is 149 Å². The third kappa shape index (κ3) is 4.76. The van der Waals surface area contributed by atoms with Gasteiger partial charge in [0, 0.05) is 33.3 Å². The Morgan fingerprint density at radius 1 is 0.333 bits per heavy atom. The quantitative estimate of drug-likeness (QED) is 0.181. The van der Waals surface area contributed by atoms with Crippen LogP contribution in [-0.2, 0) is 0 Å². The summed E-state index contributed by atoms with van der Waals surface area (Å²) in [4.78, 5) is 15.3. The second-order valence-electron chi connectivity index (χ2n) is 13.7. The molecular weight excluding hydrogens is 659 g/mol. The summed E-state index contributed by atoms with van der Waals surface area (Å²) in [5, 5.41) is 4.72. The number of rotatable bonds is 5. The lowest BCUT2D eigenvalue weighted by atomic mass is 9.99. The molecule has 0 saturated carbocycles. The Kier molecular flexibility index (Phi) is 6.79. The maximum Gasteiger partial charge on any atom is 0.165 e. The lowest BCUT2D eigenvalue weighted by Gasteiger charge is -2.14. The number of fused-ring (bicyclic) bond motifs is 7. The highest BCUT2D eigenvalue weighted by Crippen LogP contribution is 2.40. The van der Waals surface area contributed by atoms with Crippen LogP contribution in [0.4, 0.5) is 0 Å². The summed E-state index contributed by atoms with van der Waals surface area (Å²) in [7, 11) is 0. The molecule has 0 aliphatic heterocycles. The average molecular weight is 690 g/mol. The molecule has 0 amide bonds. The molecule has 4 heterocycles. The van der Waals surface area contributed by atoms with Crippen LogP contribution in [0.2, 0.25) is 0 Å². The van der Waals surface area contributed by atoms with Crippen molar-refractivity contribution < 1.29 is 0 Å². The van der Waals surface area contributed by atoms with Crippen LogP contribution in [-0.4, -0.2) is 24.1 Å². The van der Waals surface area contributed by atoms with Crippen LogP contribution < -0.4 is 0 Å². The molecule has 0 saturated heterocycles. The van der Waals surface area contributed by atoms with Gasteiger partial charge in [-0.05, 0) is 82.9 Å². The second-order valence-corrected chi connectivity index (χ2v) is 13.7. The lowest BCUT2D eigenvalue weighted by molar-refractivity contribution is 1.08. The van der Waals surface area contributed by atoms with Crippen molar-refractivity contribution in [1.29, 1.82) is 0 Å². The molecule has 0 radical (unpaired) electrons. The summed E-state index contributed by atoms with van der Waals surface area (Å²) < 4.78 is 4.57. The van der Waals surface area contributed by atoms with E-state index in [1.54, 1.807) is 0 Å². The van der Waals surface area contributed by atoms with Gasteiger partial charge in [0.05, 0.1) is 33.1 Å². The van der Waals surface area contributed by atoms with Gasteiger partial charge in [-0.25, -0.2) is 15.0 Å². The van der Waals surface area contributed by atoms with Crippen molar-refractivity contribution in [2.24, 2.45) is 0 Å². The zero-order valence-corrected chi connectivity index (χ0v) is 29.1. The van der Waals surface area contributed by atoms with E-state index in [-0.39, 0.29) is 0 Å².